The number of hydrogen-bond donors (Lipinski definition) is 1. The quantitative estimate of drug-likeness (QED) is 0.321. The molecule has 5 aromatic rings. The number of H-pyrrole nitrogens is 1. The first kappa shape index (κ1) is 19.7. The second-order valence-corrected chi connectivity index (χ2v) is 8.40. The zero-order valence-electron chi connectivity index (χ0n) is 16.8. The lowest BCUT2D eigenvalue weighted by atomic mass is 10.2. The highest BCUT2D eigenvalue weighted by atomic mass is 32.2. The van der Waals surface area contributed by atoms with E-state index in [1.165, 1.54) is 11.8 Å². The van der Waals surface area contributed by atoms with Crippen LogP contribution in [-0.4, -0.2) is 34.4 Å². The van der Waals surface area contributed by atoms with Crippen molar-refractivity contribution >= 4 is 34.0 Å². The maximum atomic E-state index is 5.87. The first-order chi connectivity index (χ1) is 15.2. The molecule has 0 spiro atoms. The standard InChI is InChI=1S/C22H18N4O3S2/c1-27-14-7-8-16(19(9-14)28-2)21-24-13(11-30-21)12-31-22-26-25-20(29-22)17-10-23-18-6-4-3-5-15(17)18/h3-11,23H,12H2,1-2H3. The maximum Gasteiger partial charge on any atom is 0.277 e. The Morgan fingerprint density at radius 3 is 2.84 bits per heavy atom. The summed E-state index contributed by atoms with van der Waals surface area (Å²) in [6.07, 6.45) is 1.89. The van der Waals surface area contributed by atoms with Crippen LogP contribution in [0.1, 0.15) is 5.69 Å². The predicted molar refractivity (Wildman–Crippen MR) is 122 cm³/mol. The number of nitrogens with zero attached hydrogens (tertiary/aromatic N) is 3. The van der Waals surface area contributed by atoms with Crippen molar-refractivity contribution < 1.29 is 13.9 Å². The molecule has 0 aliphatic rings. The van der Waals surface area contributed by atoms with E-state index >= 15 is 0 Å². The van der Waals surface area contributed by atoms with Crippen molar-refractivity contribution in [1.82, 2.24) is 20.2 Å². The van der Waals surface area contributed by atoms with Crippen LogP contribution in [0.15, 0.2) is 63.7 Å². The van der Waals surface area contributed by atoms with Crippen LogP contribution in [0.3, 0.4) is 0 Å². The van der Waals surface area contributed by atoms with Crippen LogP contribution >= 0.6 is 23.1 Å². The van der Waals surface area contributed by atoms with Crippen molar-refractivity contribution in [2.24, 2.45) is 0 Å². The van der Waals surface area contributed by atoms with Crippen LogP contribution in [0, 0.1) is 0 Å². The zero-order valence-corrected chi connectivity index (χ0v) is 18.4. The zero-order chi connectivity index (χ0) is 21.2. The first-order valence-electron chi connectivity index (χ1n) is 9.45. The molecule has 0 unspecified atom stereocenters. The number of thioether (sulfide) groups is 1. The molecule has 0 radical (unpaired) electrons. The minimum absolute atomic E-state index is 0.502. The lowest BCUT2D eigenvalue weighted by molar-refractivity contribution is 0.395. The van der Waals surface area contributed by atoms with Crippen molar-refractivity contribution in [3.63, 3.8) is 0 Å². The second kappa shape index (κ2) is 8.44. The van der Waals surface area contributed by atoms with Gasteiger partial charge in [0.15, 0.2) is 0 Å². The van der Waals surface area contributed by atoms with Gasteiger partial charge >= 0.3 is 0 Å². The lowest BCUT2D eigenvalue weighted by Crippen LogP contribution is -1.90. The highest BCUT2D eigenvalue weighted by molar-refractivity contribution is 7.98. The number of aromatic amines is 1. The predicted octanol–water partition coefficient (Wildman–Crippen LogP) is 5.65. The summed E-state index contributed by atoms with van der Waals surface area (Å²) in [5, 5.41) is 12.9. The van der Waals surface area contributed by atoms with Gasteiger partial charge in [0, 0.05) is 34.3 Å². The summed E-state index contributed by atoms with van der Waals surface area (Å²) in [6, 6.07) is 13.7. The Balaban J connectivity index is 1.30. The molecule has 2 aromatic carbocycles. The van der Waals surface area contributed by atoms with Gasteiger partial charge in [-0.15, -0.1) is 21.5 Å². The van der Waals surface area contributed by atoms with Crippen molar-refractivity contribution in [1.29, 1.82) is 0 Å². The van der Waals surface area contributed by atoms with Gasteiger partial charge in [0.1, 0.15) is 16.5 Å². The Bertz CT molecular complexity index is 1340. The van der Waals surface area contributed by atoms with Gasteiger partial charge in [-0.3, -0.25) is 0 Å². The van der Waals surface area contributed by atoms with E-state index in [1.54, 1.807) is 25.6 Å². The third kappa shape index (κ3) is 3.89. The summed E-state index contributed by atoms with van der Waals surface area (Å²) < 4.78 is 16.6. The average Bonchev–Trinajstić information content (AvgIpc) is 3.56. The number of benzene rings is 2. The van der Waals surface area contributed by atoms with Crippen LogP contribution in [0.2, 0.25) is 0 Å². The molecular weight excluding hydrogens is 432 g/mol. The van der Waals surface area contributed by atoms with E-state index in [1.807, 2.05) is 54.0 Å². The molecule has 5 rings (SSSR count). The fourth-order valence-electron chi connectivity index (χ4n) is 3.23. The molecule has 0 saturated carbocycles. The summed E-state index contributed by atoms with van der Waals surface area (Å²) in [4.78, 5) is 7.97. The van der Waals surface area contributed by atoms with Crippen LogP contribution in [-0.2, 0) is 5.75 Å². The largest absolute Gasteiger partial charge is 0.497 e. The van der Waals surface area contributed by atoms with Gasteiger partial charge in [-0.25, -0.2) is 4.98 Å². The molecule has 0 amide bonds. The summed E-state index contributed by atoms with van der Waals surface area (Å²) in [6.45, 7) is 0. The first-order valence-corrected chi connectivity index (χ1v) is 11.3. The van der Waals surface area contributed by atoms with Gasteiger partial charge < -0.3 is 18.9 Å². The lowest BCUT2D eigenvalue weighted by Gasteiger charge is -2.08. The molecule has 156 valence electrons. The number of ether oxygens (including phenoxy) is 2. The van der Waals surface area contributed by atoms with Crippen molar-refractivity contribution in [3.8, 4) is 33.5 Å². The Labute approximate surface area is 186 Å². The number of aromatic nitrogens is 4. The SMILES string of the molecule is COc1ccc(-c2nc(CSc3nnc(-c4c[nH]c5ccccc45)o3)cs2)c(OC)c1. The van der Waals surface area contributed by atoms with Crippen molar-refractivity contribution in [2.75, 3.05) is 14.2 Å². The minimum atomic E-state index is 0.502. The number of rotatable bonds is 7. The molecule has 0 aliphatic heterocycles. The Morgan fingerprint density at radius 2 is 1.97 bits per heavy atom. The van der Waals surface area contributed by atoms with E-state index in [9.17, 15) is 0 Å². The Kier molecular flexibility index (Phi) is 5.35. The molecule has 0 bridgehead atoms. The third-order valence-electron chi connectivity index (χ3n) is 4.76. The molecule has 0 aliphatic carbocycles. The number of para-hydroxylation sites is 1. The molecule has 3 aromatic heterocycles. The van der Waals surface area contributed by atoms with E-state index in [0.29, 0.717) is 16.9 Å². The smallest absolute Gasteiger partial charge is 0.277 e. The average molecular weight is 451 g/mol. The normalized spacial score (nSPS) is 11.2. The molecule has 3 heterocycles. The highest BCUT2D eigenvalue weighted by Crippen LogP contribution is 2.36. The Morgan fingerprint density at radius 1 is 1.06 bits per heavy atom. The van der Waals surface area contributed by atoms with E-state index in [4.69, 9.17) is 18.9 Å². The van der Waals surface area contributed by atoms with Gasteiger partial charge in [-0.05, 0) is 18.2 Å². The number of methoxy groups -OCH3 is 2. The Hall–Kier alpha value is -3.30. The molecule has 0 fully saturated rings. The fourth-order valence-corrected chi connectivity index (χ4v) is 4.84. The number of nitrogens with one attached hydrogen (secondary N) is 1. The monoisotopic (exact) mass is 450 g/mol. The summed E-state index contributed by atoms with van der Waals surface area (Å²) in [5.74, 6) is 2.61. The number of fused-ring (bicyclic) bond motifs is 1. The van der Waals surface area contributed by atoms with Gasteiger partial charge in [-0.2, -0.15) is 0 Å². The van der Waals surface area contributed by atoms with Crippen LogP contribution < -0.4 is 9.47 Å². The van der Waals surface area contributed by atoms with E-state index < -0.39 is 0 Å². The molecular formula is C22H18N4O3S2. The van der Waals surface area contributed by atoms with Crippen LogP contribution in [0.5, 0.6) is 11.5 Å². The topological polar surface area (TPSA) is 86.1 Å². The molecule has 31 heavy (non-hydrogen) atoms. The van der Waals surface area contributed by atoms with Gasteiger partial charge in [0.2, 0.25) is 0 Å². The summed E-state index contributed by atoms with van der Waals surface area (Å²) >= 11 is 3.03. The van der Waals surface area contributed by atoms with E-state index in [0.717, 1.165) is 44.2 Å². The minimum Gasteiger partial charge on any atom is -0.497 e. The van der Waals surface area contributed by atoms with E-state index in [-0.39, 0.29) is 0 Å². The van der Waals surface area contributed by atoms with Gasteiger partial charge in [0.05, 0.1) is 31.0 Å². The third-order valence-corrected chi connectivity index (χ3v) is 6.54. The van der Waals surface area contributed by atoms with Crippen molar-refractivity contribution in [3.05, 3.63) is 59.7 Å². The van der Waals surface area contributed by atoms with E-state index in [2.05, 4.69) is 15.2 Å². The van der Waals surface area contributed by atoms with Crippen LogP contribution in [0.25, 0.3) is 32.9 Å². The maximum absolute atomic E-state index is 5.87. The summed E-state index contributed by atoms with van der Waals surface area (Å²) in [5.41, 5.74) is 3.81. The number of hydrogen-bond acceptors (Lipinski definition) is 8. The highest BCUT2D eigenvalue weighted by Gasteiger charge is 2.15. The fraction of sp³-hybridized carbons (Fsp3) is 0.136. The second-order valence-electron chi connectivity index (χ2n) is 6.62. The molecule has 9 heteroatoms. The molecule has 0 saturated heterocycles. The van der Waals surface area contributed by atoms with Gasteiger partial charge in [-0.1, -0.05) is 30.0 Å². The summed E-state index contributed by atoms with van der Waals surface area (Å²) in [7, 11) is 3.28. The van der Waals surface area contributed by atoms with Crippen LogP contribution in [0.4, 0.5) is 0 Å². The molecule has 0 atom stereocenters. The number of thiazole rings is 1. The molecule has 7 nitrogen and oxygen atoms in total. The molecule has 1 N–H and O–H groups in total. The van der Waals surface area contributed by atoms with Crippen molar-refractivity contribution in [2.45, 2.75) is 11.0 Å². The van der Waals surface area contributed by atoms with Gasteiger partial charge in [0.25, 0.3) is 11.1 Å².